The van der Waals surface area contributed by atoms with Crippen LogP contribution in [0.5, 0.6) is 0 Å². The van der Waals surface area contributed by atoms with E-state index in [0.717, 1.165) is 5.56 Å². The lowest BCUT2D eigenvalue weighted by molar-refractivity contribution is -0.158. The molecule has 0 bridgehead atoms. The highest BCUT2D eigenvalue weighted by Gasteiger charge is 2.73. The van der Waals surface area contributed by atoms with E-state index in [2.05, 4.69) is 5.32 Å². The molecule has 4 aromatic carbocycles. The van der Waals surface area contributed by atoms with Gasteiger partial charge >= 0.3 is 0 Å². The first-order chi connectivity index (χ1) is 20.8. The first kappa shape index (κ1) is 28.3. The maximum atomic E-state index is 14.8. The van der Waals surface area contributed by atoms with Crippen molar-refractivity contribution in [1.82, 2.24) is 10.2 Å². The Labute approximate surface area is 254 Å². The van der Waals surface area contributed by atoms with Gasteiger partial charge in [0.05, 0.1) is 11.7 Å². The fourth-order valence-corrected chi connectivity index (χ4v) is 6.65. The second-order valence-electron chi connectivity index (χ2n) is 10.7. The van der Waals surface area contributed by atoms with Crippen molar-refractivity contribution in [3.05, 3.63) is 160 Å². The van der Waals surface area contributed by atoms with Gasteiger partial charge in [-0.1, -0.05) is 115 Å². The molecule has 6 nitrogen and oxygen atoms in total. The molecule has 0 saturated carbocycles. The van der Waals surface area contributed by atoms with Crippen molar-refractivity contribution >= 4 is 35.2 Å². The van der Waals surface area contributed by atoms with Crippen LogP contribution in [-0.2, 0) is 21.7 Å². The molecule has 3 atom stereocenters. The van der Waals surface area contributed by atoms with E-state index in [0.29, 0.717) is 27.3 Å². The largest absolute Gasteiger partial charge is 0.377 e. The van der Waals surface area contributed by atoms with Crippen LogP contribution in [0, 0.1) is 5.41 Å². The Balaban J connectivity index is 1.63. The van der Waals surface area contributed by atoms with Gasteiger partial charge in [0.1, 0.15) is 0 Å². The fraction of sp³-hybridized carbons (Fsp3) is 0.139. The number of hydrogen-bond acceptors (Lipinski definition) is 5. The summed E-state index contributed by atoms with van der Waals surface area (Å²) in [6.45, 7) is 1.36. The van der Waals surface area contributed by atoms with Crippen LogP contribution in [-0.4, -0.2) is 27.5 Å². The third-order valence-corrected chi connectivity index (χ3v) is 8.81. The van der Waals surface area contributed by atoms with Gasteiger partial charge in [0, 0.05) is 29.4 Å². The molecule has 0 aromatic heterocycles. The van der Waals surface area contributed by atoms with Crippen LogP contribution in [0.25, 0.3) is 6.08 Å². The van der Waals surface area contributed by atoms with E-state index >= 15 is 0 Å². The van der Waals surface area contributed by atoms with Gasteiger partial charge in [-0.15, -0.1) is 0 Å². The van der Waals surface area contributed by atoms with Gasteiger partial charge in [-0.05, 0) is 41.3 Å². The lowest BCUT2D eigenvalue weighted by Gasteiger charge is -2.42. The average Bonchev–Trinajstić information content (AvgIpc) is 3.27. The van der Waals surface area contributed by atoms with Crippen molar-refractivity contribution in [2.45, 2.75) is 25.1 Å². The molecule has 0 spiro atoms. The summed E-state index contributed by atoms with van der Waals surface area (Å²) in [5.74, 6) is -1.60. The number of carbonyl (C=O) groups excluding carboxylic acids is 3. The molecule has 0 aliphatic carbocycles. The number of carbonyl (C=O) groups is 3. The third kappa shape index (κ3) is 4.42. The number of amides is 1. The van der Waals surface area contributed by atoms with E-state index in [1.807, 2.05) is 42.5 Å². The molecular formula is C36H29ClN2O4. The van der Waals surface area contributed by atoms with Crippen LogP contribution in [0.2, 0.25) is 5.02 Å². The normalized spacial score (nSPS) is 23.0. The molecule has 2 aliphatic rings. The maximum absolute atomic E-state index is 14.8. The van der Waals surface area contributed by atoms with E-state index in [4.69, 9.17) is 11.6 Å². The Morgan fingerprint density at radius 1 is 0.884 bits per heavy atom. The molecule has 1 fully saturated rings. The summed E-state index contributed by atoms with van der Waals surface area (Å²) in [6.07, 6.45) is 4.94. The first-order valence-corrected chi connectivity index (χ1v) is 14.4. The molecule has 43 heavy (non-hydrogen) atoms. The monoisotopic (exact) mass is 588 g/mol. The van der Waals surface area contributed by atoms with E-state index in [1.54, 1.807) is 83.9 Å². The number of halogens is 1. The molecule has 0 radical (unpaired) electrons. The molecular weight excluding hydrogens is 560 g/mol. The van der Waals surface area contributed by atoms with E-state index in [9.17, 15) is 19.5 Å². The van der Waals surface area contributed by atoms with Crippen molar-refractivity contribution in [3.8, 4) is 0 Å². The number of allylic oxidation sites excluding steroid dienone is 1. The Kier molecular flexibility index (Phi) is 7.34. The molecule has 7 heteroatoms. The Morgan fingerprint density at radius 3 is 2.21 bits per heavy atom. The lowest BCUT2D eigenvalue weighted by Crippen LogP contribution is -2.59. The summed E-state index contributed by atoms with van der Waals surface area (Å²) in [7, 11) is 0. The number of rotatable bonds is 7. The quantitative estimate of drug-likeness (QED) is 0.152. The zero-order valence-electron chi connectivity index (χ0n) is 23.4. The van der Waals surface area contributed by atoms with Crippen LogP contribution in [0.3, 0.4) is 0 Å². The number of aliphatic hydroxyl groups is 1. The Bertz CT molecular complexity index is 1790. The van der Waals surface area contributed by atoms with E-state index < -0.39 is 28.7 Å². The van der Waals surface area contributed by atoms with Gasteiger partial charge in [-0.3, -0.25) is 14.4 Å². The third-order valence-electron chi connectivity index (χ3n) is 8.44. The molecule has 2 N–H and O–H groups in total. The maximum Gasteiger partial charge on any atom is 0.240 e. The van der Waals surface area contributed by atoms with Crippen LogP contribution >= 0.6 is 11.6 Å². The minimum atomic E-state index is -2.23. The molecule has 2 aliphatic heterocycles. The number of Topliss-reactive ketones (excluding diaryl/α,β-unsaturated/α-hetero) is 1. The van der Waals surface area contributed by atoms with Crippen molar-refractivity contribution in [1.29, 1.82) is 0 Å². The van der Waals surface area contributed by atoms with Crippen molar-refractivity contribution in [3.63, 3.8) is 0 Å². The number of hydrogen-bond donors (Lipinski definition) is 2. The summed E-state index contributed by atoms with van der Waals surface area (Å²) in [5, 5.41) is 16.6. The van der Waals surface area contributed by atoms with Gasteiger partial charge in [-0.2, -0.15) is 0 Å². The second-order valence-corrected chi connectivity index (χ2v) is 11.1. The molecule has 1 saturated heterocycles. The zero-order valence-corrected chi connectivity index (χ0v) is 24.2. The number of nitrogens with zero attached hydrogens (tertiary/aromatic N) is 1. The zero-order chi connectivity index (χ0) is 30.2. The summed E-state index contributed by atoms with van der Waals surface area (Å²) in [5.41, 5.74) is -1.34. The van der Waals surface area contributed by atoms with Crippen LogP contribution in [0.15, 0.2) is 127 Å². The number of fused-ring (bicyclic) bond motifs is 3. The molecule has 6 rings (SSSR count). The molecule has 4 aromatic rings. The summed E-state index contributed by atoms with van der Waals surface area (Å²) >= 11 is 6.40. The topological polar surface area (TPSA) is 86.7 Å². The molecule has 3 unspecified atom stereocenters. The minimum Gasteiger partial charge on any atom is -0.377 e. The predicted molar refractivity (Wildman–Crippen MR) is 166 cm³/mol. The molecule has 2 heterocycles. The fourth-order valence-electron chi connectivity index (χ4n) is 6.45. The van der Waals surface area contributed by atoms with Gasteiger partial charge in [-0.25, -0.2) is 0 Å². The first-order valence-electron chi connectivity index (χ1n) is 14.0. The van der Waals surface area contributed by atoms with Crippen LogP contribution < -0.4 is 5.32 Å². The van der Waals surface area contributed by atoms with Gasteiger partial charge in [0.2, 0.25) is 5.91 Å². The number of benzene rings is 4. The highest BCUT2D eigenvalue weighted by molar-refractivity contribution is 6.31. The Morgan fingerprint density at radius 2 is 1.51 bits per heavy atom. The second kappa shape index (κ2) is 11.1. The average molecular weight is 589 g/mol. The highest BCUT2D eigenvalue weighted by atomic mass is 35.5. The van der Waals surface area contributed by atoms with E-state index in [-0.39, 0.29) is 18.0 Å². The summed E-state index contributed by atoms with van der Waals surface area (Å²) in [4.78, 5) is 44.4. The number of ketones is 2. The van der Waals surface area contributed by atoms with Crippen molar-refractivity contribution in [2.75, 3.05) is 0 Å². The number of nitrogens with one attached hydrogen (secondary N) is 1. The molecule has 214 valence electrons. The van der Waals surface area contributed by atoms with Crippen molar-refractivity contribution in [2.24, 2.45) is 5.41 Å². The van der Waals surface area contributed by atoms with Gasteiger partial charge in [0.25, 0.3) is 0 Å². The van der Waals surface area contributed by atoms with E-state index in [1.165, 1.54) is 13.0 Å². The SMILES string of the molecule is CC(=O)C1(C(=O)NCc2ccccc2Cl)C2c3ccccc3C=CN2/C(=C/C(=O)c2ccccc2)C1(O)c1ccccc1. The molecule has 1 amide bonds. The summed E-state index contributed by atoms with van der Waals surface area (Å²) < 4.78 is 0. The minimum absolute atomic E-state index is 0.0323. The van der Waals surface area contributed by atoms with Crippen molar-refractivity contribution < 1.29 is 19.5 Å². The highest BCUT2D eigenvalue weighted by Crippen LogP contribution is 2.64. The Hall–Kier alpha value is -4.78. The lowest BCUT2D eigenvalue weighted by atomic mass is 9.61. The van der Waals surface area contributed by atoms with Crippen LogP contribution in [0.1, 0.15) is 45.6 Å². The van der Waals surface area contributed by atoms with Gasteiger partial charge in [0.15, 0.2) is 22.6 Å². The standard InChI is InChI=1S/C36H29ClN2O4/c1-24(40)35(34(42)38-23-27-15-9-11-19-30(27)37)33-29-18-10-8-12-25(29)20-21-39(33)32(22-31(41)26-13-4-2-5-14-26)36(35,43)28-16-6-3-7-17-28/h2-22,33,43H,23H2,1H3,(H,38,42)/b32-22+. The van der Waals surface area contributed by atoms with Gasteiger partial charge < -0.3 is 15.3 Å². The van der Waals surface area contributed by atoms with Crippen LogP contribution in [0.4, 0.5) is 0 Å². The summed E-state index contributed by atoms with van der Waals surface area (Å²) in [6, 6.07) is 30.9. The smallest absolute Gasteiger partial charge is 0.240 e. The predicted octanol–water partition coefficient (Wildman–Crippen LogP) is 6.23.